The summed E-state index contributed by atoms with van der Waals surface area (Å²) in [4.78, 5) is 14.9. The molecule has 1 aromatic heterocycles. The van der Waals surface area contributed by atoms with Crippen LogP contribution in [0.1, 0.15) is 44.1 Å². The normalized spacial score (nSPS) is 20.4. The van der Waals surface area contributed by atoms with Crippen LogP contribution in [0, 0.1) is 5.92 Å². The summed E-state index contributed by atoms with van der Waals surface area (Å²) in [6.45, 7) is 5.78. The van der Waals surface area contributed by atoms with Crippen LogP contribution in [-0.4, -0.2) is 56.5 Å². The van der Waals surface area contributed by atoms with Crippen LogP contribution in [0.5, 0.6) is 11.5 Å². The lowest BCUT2D eigenvalue weighted by atomic mass is 9.95. The molecule has 0 aliphatic carbocycles. The maximum Gasteiger partial charge on any atom is 0.237 e. The van der Waals surface area contributed by atoms with E-state index >= 15 is 0 Å². The third-order valence-electron chi connectivity index (χ3n) is 6.15. The van der Waals surface area contributed by atoms with Gasteiger partial charge in [-0.05, 0) is 42.2 Å². The van der Waals surface area contributed by atoms with E-state index in [2.05, 4.69) is 19.2 Å². The first-order valence-electron chi connectivity index (χ1n) is 11.5. The van der Waals surface area contributed by atoms with Crippen LogP contribution in [0.3, 0.4) is 0 Å². The zero-order valence-electron chi connectivity index (χ0n) is 19.2. The fourth-order valence-corrected chi connectivity index (χ4v) is 6.15. The van der Waals surface area contributed by atoms with Gasteiger partial charge in [0.05, 0.1) is 44.1 Å². The Morgan fingerprint density at radius 2 is 1.97 bits per heavy atom. The second-order valence-electron chi connectivity index (χ2n) is 9.02. The van der Waals surface area contributed by atoms with Crippen LogP contribution >= 0.6 is 0 Å². The molecule has 0 bridgehead atoms. The van der Waals surface area contributed by atoms with Crippen molar-refractivity contribution in [1.82, 2.24) is 10.2 Å². The minimum Gasteiger partial charge on any atom is -0.490 e. The molecule has 2 atom stereocenters. The van der Waals surface area contributed by atoms with Crippen LogP contribution in [0.2, 0.25) is 0 Å². The number of fused-ring (bicyclic) bond motifs is 1. The molecule has 1 fully saturated rings. The first kappa shape index (κ1) is 23.6. The van der Waals surface area contributed by atoms with Crippen molar-refractivity contribution in [2.24, 2.45) is 5.92 Å². The summed E-state index contributed by atoms with van der Waals surface area (Å²) < 4.78 is 41.1. The van der Waals surface area contributed by atoms with Crippen molar-refractivity contribution in [3.63, 3.8) is 0 Å². The molecule has 9 heteroatoms. The number of rotatable bonds is 8. The minimum atomic E-state index is -3.12. The predicted octanol–water partition coefficient (Wildman–Crippen LogP) is 2.94. The summed E-state index contributed by atoms with van der Waals surface area (Å²) in [5, 5.41) is 3.39. The van der Waals surface area contributed by atoms with E-state index in [9.17, 15) is 13.2 Å². The summed E-state index contributed by atoms with van der Waals surface area (Å²) in [5.74, 6) is 2.27. The Morgan fingerprint density at radius 1 is 1.18 bits per heavy atom. The van der Waals surface area contributed by atoms with E-state index in [1.54, 1.807) is 23.3 Å². The maximum atomic E-state index is 13.3. The maximum absolute atomic E-state index is 13.3. The molecule has 0 unspecified atom stereocenters. The van der Waals surface area contributed by atoms with Gasteiger partial charge in [-0.2, -0.15) is 0 Å². The molecule has 0 radical (unpaired) electrons. The van der Waals surface area contributed by atoms with Crippen molar-refractivity contribution in [2.75, 3.05) is 31.3 Å². The number of ether oxygens (including phenoxy) is 2. The van der Waals surface area contributed by atoms with Crippen molar-refractivity contribution in [2.45, 2.75) is 45.3 Å². The Kier molecular flexibility index (Phi) is 7.29. The summed E-state index contributed by atoms with van der Waals surface area (Å²) in [6, 6.07) is 9.04. The number of sulfone groups is 1. The molecule has 1 amide bonds. The average molecular weight is 477 g/mol. The summed E-state index contributed by atoms with van der Waals surface area (Å²) >= 11 is 0. The van der Waals surface area contributed by atoms with Gasteiger partial charge in [-0.15, -0.1) is 0 Å². The zero-order valence-corrected chi connectivity index (χ0v) is 20.0. The van der Waals surface area contributed by atoms with Gasteiger partial charge in [0, 0.05) is 18.5 Å². The van der Waals surface area contributed by atoms with Crippen molar-refractivity contribution < 1.29 is 27.1 Å². The smallest absolute Gasteiger partial charge is 0.237 e. The molecule has 3 heterocycles. The third kappa shape index (κ3) is 5.89. The molecule has 2 aromatic rings. The predicted molar refractivity (Wildman–Crippen MR) is 124 cm³/mol. The second-order valence-corrected chi connectivity index (χ2v) is 11.2. The number of carbonyl (C=O) groups excluding carboxylic acids is 1. The lowest BCUT2D eigenvalue weighted by Gasteiger charge is -2.30. The second kappa shape index (κ2) is 10.2. The Hall–Kier alpha value is -2.52. The minimum absolute atomic E-state index is 0.00474. The molecule has 8 nitrogen and oxygen atoms in total. The topological polar surface area (TPSA) is 98.1 Å². The van der Waals surface area contributed by atoms with Crippen LogP contribution < -0.4 is 14.8 Å². The molecule has 4 rings (SSSR count). The molecule has 1 N–H and O–H groups in total. The Labute approximate surface area is 195 Å². The third-order valence-corrected chi connectivity index (χ3v) is 7.90. The van der Waals surface area contributed by atoms with E-state index < -0.39 is 9.84 Å². The van der Waals surface area contributed by atoms with E-state index in [1.807, 2.05) is 18.2 Å². The highest BCUT2D eigenvalue weighted by Gasteiger charge is 2.35. The van der Waals surface area contributed by atoms with E-state index in [0.717, 1.165) is 23.5 Å². The molecule has 33 heavy (non-hydrogen) atoms. The Bertz CT molecular complexity index is 1050. The number of amides is 1. The van der Waals surface area contributed by atoms with Crippen molar-refractivity contribution in [3.05, 3.63) is 47.9 Å². The molecule has 0 saturated carbocycles. The van der Waals surface area contributed by atoms with Gasteiger partial charge in [0.1, 0.15) is 5.76 Å². The monoisotopic (exact) mass is 476 g/mol. The van der Waals surface area contributed by atoms with Gasteiger partial charge in [0.25, 0.3) is 0 Å². The first-order valence-corrected chi connectivity index (χ1v) is 13.3. The summed E-state index contributed by atoms with van der Waals surface area (Å²) in [7, 11) is -3.12. The molecular formula is C24H32N2O6S. The van der Waals surface area contributed by atoms with Crippen molar-refractivity contribution in [1.29, 1.82) is 0 Å². The molecule has 180 valence electrons. The fraction of sp³-hybridized carbons (Fsp3) is 0.542. The number of benzene rings is 1. The molecule has 2 aliphatic rings. The van der Waals surface area contributed by atoms with Gasteiger partial charge in [-0.3, -0.25) is 4.79 Å². The molecule has 0 spiro atoms. The average Bonchev–Trinajstić information content (AvgIpc) is 3.34. The van der Waals surface area contributed by atoms with Gasteiger partial charge >= 0.3 is 0 Å². The van der Waals surface area contributed by atoms with Gasteiger partial charge in [-0.1, -0.05) is 19.9 Å². The largest absolute Gasteiger partial charge is 0.490 e. The van der Waals surface area contributed by atoms with Crippen LogP contribution in [0.25, 0.3) is 0 Å². The lowest BCUT2D eigenvalue weighted by molar-refractivity contribution is -0.133. The molecular weight excluding hydrogens is 444 g/mol. The van der Waals surface area contributed by atoms with Gasteiger partial charge in [0.15, 0.2) is 21.3 Å². The number of hydrogen-bond acceptors (Lipinski definition) is 7. The number of carbonyl (C=O) groups is 1. The fourth-order valence-electron chi connectivity index (χ4n) is 4.42. The number of furan rings is 1. The highest BCUT2D eigenvalue weighted by atomic mass is 32.2. The van der Waals surface area contributed by atoms with Gasteiger partial charge in [-0.25, -0.2) is 8.42 Å². The molecule has 1 saturated heterocycles. The summed E-state index contributed by atoms with van der Waals surface area (Å²) in [6.07, 6.45) is 2.85. The number of nitrogens with zero attached hydrogens (tertiary/aromatic N) is 1. The van der Waals surface area contributed by atoms with E-state index in [0.29, 0.717) is 25.4 Å². The SMILES string of the molecule is CC(C)[C@H](NCC(=O)N(Cc1ccco1)[C@@H]1CCS(=O)(=O)C1)c1ccc2c(c1)OCCCO2. The van der Waals surface area contributed by atoms with Gasteiger partial charge in [0.2, 0.25) is 5.91 Å². The first-order chi connectivity index (χ1) is 15.8. The van der Waals surface area contributed by atoms with Crippen molar-refractivity contribution >= 4 is 15.7 Å². The highest BCUT2D eigenvalue weighted by Crippen LogP contribution is 2.34. The van der Waals surface area contributed by atoms with E-state index in [-0.39, 0.29) is 48.5 Å². The Balaban J connectivity index is 1.48. The zero-order chi connectivity index (χ0) is 23.4. The number of hydrogen-bond donors (Lipinski definition) is 1. The van der Waals surface area contributed by atoms with Gasteiger partial charge < -0.3 is 24.1 Å². The quantitative estimate of drug-likeness (QED) is 0.625. The standard InChI is InChI=1S/C24H32N2O6S/c1-17(2)24(18-6-7-21-22(13-18)32-11-4-10-31-21)25-14-23(27)26(15-20-5-3-9-30-20)19-8-12-33(28,29)16-19/h3,5-7,9,13,17,19,24-25H,4,8,10-12,14-16H2,1-2H3/t19-,24+/m1/s1. The summed E-state index contributed by atoms with van der Waals surface area (Å²) in [5.41, 5.74) is 1.02. The Morgan fingerprint density at radius 3 is 2.64 bits per heavy atom. The molecule has 2 aliphatic heterocycles. The lowest BCUT2D eigenvalue weighted by Crippen LogP contribution is -2.45. The highest BCUT2D eigenvalue weighted by molar-refractivity contribution is 7.91. The van der Waals surface area contributed by atoms with Crippen molar-refractivity contribution in [3.8, 4) is 11.5 Å². The molecule has 1 aromatic carbocycles. The number of nitrogens with one attached hydrogen (secondary N) is 1. The van der Waals surface area contributed by atoms with Crippen LogP contribution in [0.15, 0.2) is 41.0 Å². The van der Waals surface area contributed by atoms with Crippen LogP contribution in [-0.2, 0) is 21.2 Å². The van der Waals surface area contributed by atoms with E-state index in [1.165, 1.54) is 0 Å². The van der Waals surface area contributed by atoms with E-state index in [4.69, 9.17) is 13.9 Å². The van der Waals surface area contributed by atoms with Crippen LogP contribution in [0.4, 0.5) is 0 Å².